The largest absolute Gasteiger partial charge is 0.448 e. The van der Waals surface area contributed by atoms with Gasteiger partial charge in [-0.2, -0.15) is 0 Å². The van der Waals surface area contributed by atoms with E-state index in [-0.39, 0.29) is 12.1 Å². The molecule has 1 saturated heterocycles. The Kier molecular flexibility index (Phi) is 3.85. The third kappa shape index (κ3) is 2.63. The van der Waals surface area contributed by atoms with E-state index in [1.54, 1.807) is 0 Å². The molecule has 2 rings (SSSR count). The molecule has 2 N–H and O–H groups in total. The Bertz CT molecular complexity index is 311. The Morgan fingerprint density at radius 1 is 1.39 bits per heavy atom. The molecule has 4 nitrogen and oxygen atoms in total. The van der Waals surface area contributed by atoms with Crippen LogP contribution in [0.1, 0.15) is 40.0 Å². The summed E-state index contributed by atoms with van der Waals surface area (Å²) in [7, 11) is 0. The smallest absolute Gasteiger partial charge is 0.410 e. The predicted molar refractivity (Wildman–Crippen MR) is 71.2 cm³/mol. The van der Waals surface area contributed by atoms with Crippen LogP contribution in [0.5, 0.6) is 0 Å². The molecule has 4 heteroatoms. The van der Waals surface area contributed by atoms with Gasteiger partial charge in [0.15, 0.2) is 0 Å². The maximum atomic E-state index is 11.8. The molecule has 0 bridgehead atoms. The van der Waals surface area contributed by atoms with Crippen molar-refractivity contribution in [1.82, 2.24) is 4.90 Å². The van der Waals surface area contributed by atoms with Crippen LogP contribution >= 0.6 is 0 Å². The van der Waals surface area contributed by atoms with Gasteiger partial charge in [-0.15, -0.1) is 0 Å². The van der Waals surface area contributed by atoms with Crippen molar-refractivity contribution < 1.29 is 9.53 Å². The third-order valence-corrected chi connectivity index (χ3v) is 4.68. The standard InChI is InChI=1S/C14H26N2O2/c1-14(2,3)11-5-4-10(9-15)12(8-11)16-6-7-18-13(16)17/h10-12H,4-9,15H2,1-3H3. The molecule has 0 aromatic heterocycles. The average molecular weight is 254 g/mol. The zero-order chi connectivity index (χ0) is 13.3. The summed E-state index contributed by atoms with van der Waals surface area (Å²) < 4.78 is 5.08. The van der Waals surface area contributed by atoms with E-state index in [9.17, 15) is 4.79 Å². The van der Waals surface area contributed by atoms with Crippen LogP contribution in [0.4, 0.5) is 4.79 Å². The summed E-state index contributed by atoms with van der Waals surface area (Å²) in [6, 6.07) is 0.281. The zero-order valence-corrected chi connectivity index (χ0v) is 11.8. The molecule has 0 aromatic rings. The number of nitrogens with zero attached hydrogens (tertiary/aromatic N) is 1. The Labute approximate surface area is 110 Å². The van der Waals surface area contributed by atoms with Crippen LogP contribution in [0.25, 0.3) is 0 Å². The van der Waals surface area contributed by atoms with Crippen LogP contribution in [0.15, 0.2) is 0 Å². The van der Waals surface area contributed by atoms with Crippen molar-refractivity contribution >= 4 is 6.09 Å². The molecular weight excluding hydrogens is 228 g/mol. The van der Waals surface area contributed by atoms with E-state index in [1.165, 1.54) is 6.42 Å². The normalized spacial score (nSPS) is 33.7. The summed E-state index contributed by atoms with van der Waals surface area (Å²) in [6.45, 7) is 8.81. The monoisotopic (exact) mass is 254 g/mol. The molecular formula is C14H26N2O2. The van der Waals surface area contributed by atoms with Gasteiger partial charge >= 0.3 is 6.09 Å². The van der Waals surface area contributed by atoms with Crippen molar-refractivity contribution in [3.8, 4) is 0 Å². The van der Waals surface area contributed by atoms with Crippen molar-refractivity contribution in [3.63, 3.8) is 0 Å². The molecule has 0 radical (unpaired) electrons. The number of nitrogens with two attached hydrogens (primary N) is 1. The highest BCUT2D eigenvalue weighted by Gasteiger charge is 2.41. The van der Waals surface area contributed by atoms with Crippen molar-refractivity contribution in [3.05, 3.63) is 0 Å². The molecule has 1 aliphatic carbocycles. The molecule has 1 aliphatic heterocycles. The van der Waals surface area contributed by atoms with Gasteiger partial charge < -0.3 is 15.4 Å². The minimum atomic E-state index is -0.145. The lowest BCUT2D eigenvalue weighted by Gasteiger charge is -2.44. The molecule has 1 saturated carbocycles. The molecule has 0 aromatic carbocycles. The first-order valence-corrected chi connectivity index (χ1v) is 7.07. The number of hydrogen-bond donors (Lipinski definition) is 1. The van der Waals surface area contributed by atoms with Crippen molar-refractivity contribution in [2.24, 2.45) is 23.0 Å². The maximum absolute atomic E-state index is 11.8. The van der Waals surface area contributed by atoms with E-state index < -0.39 is 0 Å². The summed E-state index contributed by atoms with van der Waals surface area (Å²) in [4.78, 5) is 13.7. The molecule has 3 atom stereocenters. The van der Waals surface area contributed by atoms with Crippen LogP contribution < -0.4 is 5.73 Å². The van der Waals surface area contributed by atoms with Gasteiger partial charge in [-0.1, -0.05) is 20.8 Å². The number of amides is 1. The Hall–Kier alpha value is -0.770. The van der Waals surface area contributed by atoms with E-state index >= 15 is 0 Å². The average Bonchev–Trinajstić information content (AvgIpc) is 2.73. The van der Waals surface area contributed by atoms with Gasteiger partial charge in [0.05, 0.1) is 6.54 Å². The molecule has 1 amide bonds. The fourth-order valence-electron chi connectivity index (χ4n) is 3.36. The summed E-state index contributed by atoms with van der Waals surface area (Å²) in [5.41, 5.74) is 6.19. The van der Waals surface area contributed by atoms with Gasteiger partial charge in [-0.25, -0.2) is 4.79 Å². The van der Waals surface area contributed by atoms with Gasteiger partial charge in [0.1, 0.15) is 6.61 Å². The van der Waals surface area contributed by atoms with Crippen LogP contribution in [0.2, 0.25) is 0 Å². The van der Waals surface area contributed by atoms with E-state index in [0.29, 0.717) is 30.4 Å². The van der Waals surface area contributed by atoms with Gasteiger partial charge in [0.2, 0.25) is 0 Å². The van der Waals surface area contributed by atoms with Crippen LogP contribution in [-0.4, -0.2) is 36.7 Å². The van der Waals surface area contributed by atoms with Crippen LogP contribution in [-0.2, 0) is 4.74 Å². The van der Waals surface area contributed by atoms with Crippen molar-refractivity contribution in [2.75, 3.05) is 19.7 Å². The number of cyclic esters (lactones) is 1. The Morgan fingerprint density at radius 2 is 2.11 bits per heavy atom. The minimum Gasteiger partial charge on any atom is -0.448 e. The molecule has 18 heavy (non-hydrogen) atoms. The zero-order valence-electron chi connectivity index (χ0n) is 11.8. The maximum Gasteiger partial charge on any atom is 0.410 e. The summed E-state index contributed by atoms with van der Waals surface area (Å²) in [5, 5.41) is 0. The molecule has 104 valence electrons. The first kappa shape index (κ1) is 13.7. The number of rotatable bonds is 2. The van der Waals surface area contributed by atoms with Crippen LogP contribution in [0.3, 0.4) is 0 Å². The van der Waals surface area contributed by atoms with Gasteiger partial charge in [0, 0.05) is 6.04 Å². The number of ether oxygens (including phenoxy) is 1. The lowest BCUT2D eigenvalue weighted by molar-refractivity contribution is 0.0657. The Balaban J connectivity index is 2.10. The highest BCUT2D eigenvalue weighted by atomic mass is 16.6. The topological polar surface area (TPSA) is 55.6 Å². The van der Waals surface area contributed by atoms with Gasteiger partial charge in [0.25, 0.3) is 0 Å². The summed E-state index contributed by atoms with van der Waals surface area (Å²) in [5.74, 6) is 1.10. The first-order valence-electron chi connectivity index (χ1n) is 7.07. The summed E-state index contributed by atoms with van der Waals surface area (Å²) in [6.07, 6.45) is 3.28. The number of carbonyl (C=O) groups excluding carboxylic acids is 1. The molecule has 1 heterocycles. The predicted octanol–water partition coefficient (Wildman–Crippen LogP) is 2.23. The van der Waals surface area contributed by atoms with Crippen LogP contribution in [0, 0.1) is 17.3 Å². The first-order chi connectivity index (χ1) is 8.43. The van der Waals surface area contributed by atoms with E-state index in [4.69, 9.17) is 10.5 Å². The highest BCUT2D eigenvalue weighted by Crippen LogP contribution is 2.41. The van der Waals surface area contributed by atoms with E-state index in [0.717, 1.165) is 19.4 Å². The second-order valence-corrected chi connectivity index (χ2v) is 6.75. The third-order valence-electron chi connectivity index (χ3n) is 4.68. The number of hydrogen-bond acceptors (Lipinski definition) is 3. The minimum absolute atomic E-state index is 0.145. The quantitative estimate of drug-likeness (QED) is 0.822. The number of carbonyl (C=O) groups is 1. The van der Waals surface area contributed by atoms with Crippen molar-refractivity contribution in [2.45, 2.75) is 46.1 Å². The van der Waals surface area contributed by atoms with Gasteiger partial charge in [-0.05, 0) is 43.1 Å². The van der Waals surface area contributed by atoms with Gasteiger partial charge in [-0.3, -0.25) is 0 Å². The van der Waals surface area contributed by atoms with E-state index in [2.05, 4.69) is 20.8 Å². The highest BCUT2D eigenvalue weighted by molar-refractivity contribution is 5.69. The fraction of sp³-hybridized carbons (Fsp3) is 0.929. The molecule has 2 aliphatic rings. The molecule has 0 spiro atoms. The Morgan fingerprint density at radius 3 is 2.61 bits per heavy atom. The SMILES string of the molecule is CC(C)(C)C1CCC(CN)C(N2CCOC2=O)C1. The van der Waals surface area contributed by atoms with Crippen molar-refractivity contribution in [1.29, 1.82) is 0 Å². The second-order valence-electron chi connectivity index (χ2n) is 6.75. The lowest BCUT2D eigenvalue weighted by atomic mass is 9.67. The second kappa shape index (κ2) is 5.08. The molecule has 3 unspecified atom stereocenters. The fourth-order valence-corrected chi connectivity index (χ4v) is 3.36. The van der Waals surface area contributed by atoms with E-state index in [1.807, 2.05) is 4.90 Å². The molecule has 2 fully saturated rings. The lowest BCUT2D eigenvalue weighted by Crippen LogP contribution is -2.48. The summed E-state index contributed by atoms with van der Waals surface area (Å²) >= 11 is 0.